The van der Waals surface area contributed by atoms with Gasteiger partial charge in [-0.05, 0) is 30.5 Å². The highest BCUT2D eigenvalue weighted by Crippen LogP contribution is 2.25. The highest BCUT2D eigenvalue weighted by Gasteiger charge is 2.27. The molecule has 0 radical (unpaired) electrons. The predicted octanol–water partition coefficient (Wildman–Crippen LogP) is 1.82. The Morgan fingerprint density at radius 3 is 2.45 bits per heavy atom. The summed E-state index contributed by atoms with van der Waals surface area (Å²) in [5.74, 6) is -0.193. The van der Waals surface area contributed by atoms with Crippen molar-refractivity contribution in [1.82, 2.24) is 5.32 Å². The number of aliphatic hydroxyl groups excluding tert-OH is 1. The van der Waals surface area contributed by atoms with Crippen molar-refractivity contribution in [3.05, 3.63) is 29.8 Å². The van der Waals surface area contributed by atoms with Crippen LogP contribution in [0.4, 0.5) is 0 Å². The van der Waals surface area contributed by atoms with Crippen LogP contribution in [-0.2, 0) is 4.79 Å². The topological polar surface area (TPSA) is 78.8 Å². The Morgan fingerprint density at radius 1 is 1.30 bits per heavy atom. The first-order chi connectivity index (χ1) is 9.36. The molecule has 1 aromatic carbocycles. The van der Waals surface area contributed by atoms with Gasteiger partial charge in [-0.1, -0.05) is 26.0 Å². The van der Waals surface area contributed by atoms with E-state index in [1.54, 1.807) is 38.3 Å². The van der Waals surface area contributed by atoms with Crippen LogP contribution in [-0.4, -0.2) is 35.4 Å². The average molecular weight is 281 g/mol. The van der Waals surface area contributed by atoms with Crippen molar-refractivity contribution >= 4 is 5.97 Å². The fourth-order valence-electron chi connectivity index (χ4n) is 2.04. The summed E-state index contributed by atoms with van der Waals surface area (Å²) in [5.41, 5.74) is 0.702. The van der Waals surface area contributed by atoms with E-state index >= 15 is 0 Å². The van der Waals surface area contributed by atoms with Gasteiger partial charge in [0.25, 0.3) is 0 Å². The first-order valence-corrected chi connectivity index (χ1v) is 6.67. The van der Waals surface area contributed by atoms with Gasteiger partial charge in [0.15, 0.2) is 0 Å². The molecule has 0 aliphatic heterocycles. The quantitative estimate of drug-likeness (QED) is 0.710. The van der Waals surface area contributed by atoms with E-state index in [0.29, 0.717) is 11.3 Å². The largest absolute Gasteiger partial charge is 0.497 e. The third-order valence-corrected chi connectivity index (χ3v) is 3.31. The molecule has 112 valence electrons. The summed E-state index contributed by atoms with van der Waals surface area (Å²) in [5, 5.41) is 22.4. The molecule has 1 aromatic rings. The molecule has 5 nitrogen and oxygen atoms in total. The number of carbonyl (C=O) groups is 1. The number of aliphatic carboxylic acids is 1. The Kier molecular flexibility index (Phi) is 5.98. The van der Waals surface area contributed by atoms with Gasteiger partial charge in [-0.2, -0.15) is 0 Å². The lowest BCUT2D eigenvalue weighted by atomic mass is 9.92. The number of ether oxygens (including phenoxy) is 1. The third-order valence-electron chi connectivity index (χ3n) is 3.31. The van der Waals surface area contributed by atoms with Crippen LogP contribution < -0.4 is 10.1 Å². The zero-order valence-corrected chi connectivity index (χ0v) is 12.3. The summed E-state index contributed by atoms with van der Waals surface area (Å²) in [6, 6.07) is 6.09. The molecule has 0 aliphatic rings. The van der Waals surface area contributed by atoms with Crippen LogP contribution in [0.2, 0.25) is 0 Å². The zero-order valence-electron chi connectivity index (χ0n) is 12.3. The van der Waals surface area contributed by atoms with Gasteiger partial charge in [0.2, 0.25) is 0 Å². The summed E-state index contributed by atoms with van der Waals surface area (Å²) < 4.78 is 5.14. The van der Waals surface area contributed by atoms with Crippen molar-refractivity contribution in [2.75, 3.05) is 7.11 Å². The number of hydrogen-bond acceptors (Lipinski definition) is 4. The standard InChI is InChI=1S/C15H23NO4/c1-9(2)13(16-10(3)15(18)19)14(17)11-6-5-7-12(8-11)20-4/h5-10,13-14,16-17H,1-4H3,(H,18,19). The number of carboxylic acid groups (broad SMARTS) is 1. The first-order valence-electron chi connectivity index (χ1n) is 6.67. The van der Waals surface area contributed by atoms with Gasteiger partial charge in [-0.15, -0.1) is 0 Å². The second-order valence-electron chi connectivity index (χ2n) is 5.22. The predicted molar refractivity (Wildman–Crippen MR) is 76.8 cm³/mol. The van der Waals surface area contributed by atoms with E-state index in [4.69, 9.17) is 9.84 Å². The van der Waals surface area contributed by atoms with Gasteiger partial charge >= 0.3 is 5.97 Å². The van der Waals surface area contributed by atoms with E-state index in [-0.39, 0.29) is 12.0 Å². The molecular formula is C15H23NO4. The number of hydrogen-bond donors (Lipinski definition) is 3. The Balaban J connectivity index is 2.92. The maximum atomic E-state index is 11.0. The SMILES string of the molecule is COc1cccc(C(O)C(NC(C)C(=O)O)C(C)C)c1. The fraction of sp³-hybridized carbons (Fsp3) is 0.533. The Bertz CT molecular complexity index is 447. The third kappa shape index (κ3) is 4.21. The highest BCUT2D eigenvalue weighted by molar-refractivity contribution is 5.72. The van der Waals surface area contributed by atoms with E-state index in [1.807, 2.05) is 13.8 Å². The second kappa shape index (κ2) is 7.26. The maximum absolute atomic E-state index is 11.0. The van der Waals surface area contributed by atoms with Crippen molar-refractivity contribution in [2.45, 2.75) is 39.0 Å². The number of aliphatic hydroxyl groups is 1. The summed E-state index contributed by atoms with van der Waals surface area (Å²) in [6.45, 7) is 5.45. The molecule has 0 aliphatic carbocycles. The second-order valence-corrected chi connectivity index (χ2v) is 5.22. The Morgan fingerprint density at radius 2 is 1.95 bits per heavy atom. The van der Waals surface area contributed by atoms with E-state index in [1.165, 1.54) is 0 Å². The van der Waals surface area contributed by atoms with Crippen molar-refractivity contribution in [1.29, 1.82) is 0 Å². The van der Waals surface area contributed by atoms with Gasteiger partial charge in [0, 0.05) is 6.04 Å². The Labute approximate surface area is 119 Å². The van der Waals surface area contributed by atoms with Crippen LogP contribution in [0, 0.1) is 5.92 Å². The molecule has 0 saturated heterocycles. The van der Waals surface area contributed by atoms with Crippen LogP contribution in [0.25, 0.3) is 0 Å². The van der Waals surface area contributed by atoms with E-state index in [2.05, 4.69) is 5.32 Å². The molecule has 3 N–H and O–H groups in total. The van der Waals surface area contributed by atoms with Crippen molar-refractivity contribution in [3.8, 4) is 5.75 Å². The van der Waals surface area contributed by atoms with E-state index in [9.17, 15) is 9.90 Å². The molecule has 3 unspecified atom stereocenters. The zero-order chi connectivity index (χ0) is 15.3. The lowest BCUT2D eigenvalue weighted by molar-refractivity contribution is -0.139. The van der Waals surface area contributed by atoms with Crippen molar-refractivity contribution < 1.29 is 19.7 Å². The molecule has 3 atom stereocenters. The van der Waals surface area contributed by atoms with Crippen LogP contribution in [0.3, 0.4) is 0 Å². The molecule has 1 rings (SSSR count). The minimum absolute atomic E-state index is 0.0815. The van der Waals surface area contributed by atoms with Crippen molar-refractivity contribution in [2.24, 2.45) is 5.92 Å². The number of benzene rings is 1. The summed E-state index contributed by atoms with van der Waals surface area (Å²) >= 11 is 0. The van der Waals surface area contributed by atoms with E-state index < -0.39 is 18.1 Å². The molecule has 0 heterocycles. The number of nitrogens with one attached hydrogen (secondary N) is 1. The van der Waals surface area contributed by atoms with Gasteiger partial charge in [0.1, 0.15) is 11.8 Å². The van der Waals surface area contributed by atoms with Gasteiger partial charge < -0.3 is 14.9 Å². The van der Waals surface area contributed by atoms with Crippen LogP contribution in [0.5, 0.6) is 5.75 Å². The molecule has 0 aromatic heterocycles. The van der Waals surface area contributed by atoms with Crippen LogP contribution in [0.1, 0.15) is 32.4 Å². The molecule has 0 amide bonds. The molecule has 0 saturated carbocycles. The lowest BCUT2D eigenvalue weighted by Crippen LogP contribution is -2.47. The molecule has 0 bridgehead atoms. The highest BCUT2D eigenvalue weighted by atomic mass is 16.5. The fourth-order valence-corrected chi connectivity index (χ4v) is 2.04. The molecule has 0 spiro atoms. The molecule has 5 heteroatoms. The monoisotopic (exact) mass is 281 g/mol. The number of rotatable bonds is 7. The summed E-state index contributed by atoms with van der Waals surface area (Å²) in [6.07, 6.45) is -0.799. The Hall–Kier alpha value is -1.59. The minimum Gasteiger partial charge on any atom is -0.497 e. The summed E-state index contributed by atoms with van der Waals surface area (Å²) in [7, 11) is 1.57. The molecular weight excluding hydrogens is 258 g/mol. The summed E-state index contributed by atoms with van der Waals surface area (Å²) in [4.78, 5) is 11.0. The van der Waals surface area contributed by atoms with Crippen molar-refractivity contribution in [3.63, 3.8) is 0 Å². The maximum Gasteiger partial charge on any atom is 0.320 e. The smallest absolute Gasteiger partial charge is 0.320 e. The minimum atomic E-state index is -0.937. The number of methoxy groups -OCH3 is 1. The van der Waals surface area contributed by atoms with Crippen LogP contribution >= 0.6 is 0 Å². The normalized spacial score (nSPS) is 15.7. The van der Waals surface area contributed by atoms with Crippen LogP contribution in [0.15, 0.2) is 24.3 Å². The average Bonchev–Trinajstić information content (AvgIpc) is 2.43. The van der Waals surface area contributed by atoms with E-state index in [0.717, 1.165) is 0 Å². The van der Waals surface area contributed by atoms with Gasteiger partial charge in [-0.3, -0.25) is 10.1 Å². The van der Waals surface area contributed by atoms with Gasteiger partial charge in [-0.25, -0.2) is 0 Å². The molecule has 0 fully saturated rings. The van der Waals surface area contributed by atoms with Gasteiger partial charge in [0.05, 0.1) is 13.2 Å². The molecule has 20 heavy (non-hydrogen) atoms. The number of carboxylic acids is 1. The lowest BCUT2D eigenvalue weighted by Gasteiger charge is -2.29. The first kappa shape index (κ1) is 16.5.